The maximum absolute atomic E-state index is 13.7. The van der Waals surface area contributed by atoms with Gasteiger partial charge in [0.25, 0.3) is 11.8 Å². The molecule has 1 saturated carbocycles. The molecule has 0 saturated heterocycles. The molecule has 3 heterocycles. The molecule has 0 bridgehead atoms. The highest BCUT2D eigenvalue weighted by Crippen LogP contribution is 2.51. The molecule has 1 fully saturated rings. The zero-order chi connectivity index (χ0) is 24.3. The first-order chi connectivity index (χ1) is 16.9. The molecule has 1 aliphatic heterocycles. The predicted octanol–water partition coefficient (Wildman–Crippen LogP) is 4.74. The van der Waals surface area contributed by atoms with E-state index in [1.165, 1.54) is 5.56 Å². The molecule has 0 atom stereocenters. The molecule has 2 amide bonds. The van der Waals surface area contributed by atoms with E-state index in [4.69, 9.17) is 11.6 Å². The molecule has 1 aliphatic carbocycles. The van der Waals surface area contributed by atoms with Crippen LogP contribution in [0.4, 0.5) is 0 Å². The van der Waals surface area contributed by atoms with E-state index in [9.17, 15) is 9.59 Å². The number of hydrogen-bond acceptors (Lipinski definition) is 3. The lowest BCUT2D eigenvalue weighted by Crippen LogP contribution is -2.41. The Kier molecular flexibility index (Phi) is 5.00. The Labute approximate surface area is 208 Å². The Balaban J connectivity index is 1.25. The van der Waals surface area contributed by atoms with E-state index in [-0.39, 0.29) is 17.4 Å². The summed E-state index contributed by atoms with van der Waals surface area (Å²) >= 11 is 6.29. The largest absolute Gasteiger partial charge is 0.350 e. The van der Waals surface area contributed by atoms with Gasteiger partial charge in [-0.2, -0.15) is 5.10 Å². The van der Waals surface area contributed by atoms with Crippen LogP contribution in [-0.4, -0.2) is 50.0 Å². The lowest BCUT2D eigenvalue weighted by molar-refractivity contribution is 0.0670. The number of nitrogens with zero attached hydrogens (tertiary/aromatic N) is 4. The molecule has 8 heteroatoms. The monoisotopic (exact) mass is 487 g/mol. The topological polar surface area (TPSA) is 74.2 Å². The quantitative estimate of drug-likeness (QED) is 0.451. The van der Waals surface area contributed by atoms with Crippen molar-refractivity contribution in [2.45, 2.75) is 38.4 Å². The van der Waals surface area contributed by atoms with Crippen LogP contribution in [0.25, 0.3) is 10.9 Å². The second-order valence-electron chi connectivity index (χ2n) is 9.60. The van der Waals surface area contributed by atoms with Crippen molar-refractivity contribution in [1.82, 2.24) is 24.6 Å². The van der Waals surface area contributed by atoms with Gasteiger partial charge in [0.1, 0.15) is 5.69 Å². The van der Waals surface area contributed by atoms with Crippen molar-refractivity contribution in [3.8, 4) is 0 Å². The summed E-state index contributed by atoms with van der Waals surface area (Å²) in [7, 11) is 1.87. The number of aromatic nitrogens is 3. The standard InChI is InChI=1S/C27H26ClN5O2/c1-17-6-8-18(9-7-17)27(10-11-27)31(2)25(34)20-15-29-33-13-12-32(16-24(20)33)26(35)23-14-19-21(28)4-3-5-22(19)30-23/h3-9,14-15,30H,10-13,16H2,1-2H3. The number of carbonyl (C=O) groups excluding carboxylic acids is 2. The van der Waals surface area contributed by atoms with Crippen molar-refractivity contribution in [3.05, 3.63) is 87.8 Å². The van der Waals surface area contributed by atoms with E-state index in [2.05, 4.69) is 41.3 Å². The van der Waals surface area contributed by atoms with Gasteiger partial charge >= 0.3 is 0 Å². The Hall–Kier alpha value is -3.58. The molecule has 7 nitrogen and oxygen atoms in total. The van der Waals surface area contributed by atoms with E-state index < -0.39 is 0 Å². The number of hydrogen-bond donors (Lipinski definition) is 1. The molecular formula is C27H26ClN5O2. The van der Waals surface area contributed by atoms with Crippen LogP contribution in [0.15, 0.2) is 54.7 Å². The van der Waals surface area contributed by atoms with Crippen LogP contribution in [0, 0.1) is 6.92 Å². The smallest absolute Gasteiger partial charge is 0.270 e. The summed E-state index contributed by atoms with van der Waals surface area (Å²) < 4.78 is 1.85. The van der Waals surface area contributed by atoms with Gasteiger partial charge in [-0.05, 0) is 43.5 Å². The summed E-state index contributed by atoms with van der Waals surface area (Å²) in [5.41, 5.74) is 4.74. The Morgan fingerprint density at radius 2 is 1.89 bits per heavy atom. The minimum atomic E-state index is -0.270. The third-order valence-corrected chi connectivity index (χ3v) is 7.82. The van der Waals surface area contributed by atoms with Crippen molar-refractivity contribution < 1.29 is 9.59 Å². The van der Waals surface area contributed by atoms with Gasteiger partial charge < -0.3 is 14.8 Å². The fourth-order valence-electron chi connectivity index (χ4n) is 5.18. The van der Waals surface area contributed by atoms with Crippen molar-refractivity contribution in [2.24, 2.45) is 0 Å². The number of amides is 2. The van der Waals surface area contributed by atoms with Crippen molar-refractivity contribution in [1.29, 1.82) is 0 Å². The second kappa shape index (κ2) is 7.99. The first kappa shape index (κ1) is 21.9. The van der Waals surface area contributed by atoms with Gasteiger partial charge in [-0.3, -0.25) is 14.3 Å². The summed E-state index contributed by atoms with van der Waals surface area (Å²) in [6.07, 6.45) is 3.53. The number of fused-ring (bicyclic) bond motifs is 2. The number of H-pyrrole nitrogens is 1. The highest BCUT2D eigenvalue weighted by Gasteiger charge is 2.50. The van der Waals surface area contributed by atoms with E-state index in [0.29, 0.717) is 35.9 Å². The molecule has 0 spiro atoms. The highest BCUT2D eigenvalue weighted by molar-refractivity contribution is 6.35. The minimum absolute atomic E-state index is 0.0592. The number of benzene rings is 2. The lowest BCUT2D eigenvalue weighted by atomic mass is 10.0. The fourth-order valence-corrected chi connectivity index (χ4v) is 5.41. The molecule has 2 aromatic heterocycles. The number of carbonyl (C=O) groups is 2. The van der Waals surface area contributed by atoms with Gasteiger partial charge in [-0.25, -0.2) is 0 Å². The maximum Gasteiger partial charge on any atom is 0.270 e. The van der Waals surface area contributed by atoms with E-state index in [0.717, 1.165) is 35.0 Å². The second-order valence-corrected chi connectivity index (χ2v) is 10.0. The summed E-state index contributed by atoms with van der Waals surface area (Å²) in [5, 5.41) is 5.89. The lowest BCUT2D eigenvalue weighted by Gasteiger charge is -2.31. The van der Waals surface area contributed by atoms with Crippen LogP contribution in [0.2, 0.25) is 5.02 Å². The van der Waals surface area contributed by atoms with Gasteiger partial charge in [0.05, 0.1) is 36.1 Å². The predicted molar refractivity (Wildman–Crippen MR) is 134 cm³/mol. The molecule has 0 radical (unpaired) electrons. The van der Waals surface area contributed by atoms with E-state index >= 15 is 0 Å². The van der Waals surface area contributed by atoms with Crippen molar-refractivity contribution in [3.63, 3.8) is 0 Å². The van der Waals surface area contributed by atoms with Crippen LogP contribution in [0.5, 0.6) is 0 Å². The van der Waals surface area contributed by atoms with E-state index in [1.807, 2.05) is 34.8 Å². The fraction of sp³-hybridized carbons (Fsp3) is 0.296. The highest BCUT2D eigenvalue weighted by atomic mass is 35.5. The Morgan fingerprint density at radius 3 is 2.60 bits per heavy atom. The average molecular weight is 488 g/mol. The zero-order valence-corrected chi connectivity index (χ0v) is 20.5. The zero-order valence-electron chi connectivity index (χ0n) is 19.7. The molecule has 178 valence electrons. The average Bonchev–Trinajstić information content (AvgIpc) is 3.37. The number of halogens is 1. The van der Waals surface area contributed by atoms with Crippen LogP contribution < -0.4 is 0 Å². The van der Waals surface area contributed by atoms with Crippen LogP contribution in [-0.2, 0) is 18.6 Å². The summed E-state index contributed by atoms with van der Waals surface area (Å²) in [5.74, 6) is -0.175. The van der Waals surface area contributed by atoms with Crippen LogP contribution >= 0.6 is 11.6 Å². The van der Waals surface area contributed by atoms with Crippen LogP contribution in [0.3, 0.4) is 0 Å². The Bertz CT molecular complexity index is 1460. The first-order valence-electron chi connectivity index (χ1n) is 11.8. The maximum atomic E-state index is 13.7. The molecule has 4 aromatic rings. The Morgan fingerprint density at radius 1 is 1.11 bits per heavy atom. The van der Waals surface area contributed by atoms with Gasteiger partial charge in [0.2, 0.25) is 0 Å². The SMILES string of the molecule is Cc1ccc(C2(N(C)C(=O)c3cnn4c3CN(C(=O)c3cc5c(Cl)cccc5[nH]3)CC4)CC2)cc1. The van der Waals surface area contributed by atoms with Crippen molar-refractivity contribution in [2.75, 3.05) is 13.6 Å². The van der Waals surface area contributed by atoms with Gasteiger partial charge in [-0.15, -0.1) is 0 Å². The molecule has 2 aliphatic rings. The van der Waals surface area contributed by atoms with Gasteiger partial charge in [-0.1, -0.05) is 47.5 Å². The minimum Gasteiger partial charge on any atom is -0.350 e. The van der Waals surface area contributed by atoms with E-state index in [1.54, 1.807) is 17.2 Å². The van der Waals surface area contributed by atoms with Gasteiger partial charge in [0, 0.05) is 29.5 Å². The normalized spacial score (nSPS) is 16.3. The molecule has 1 N–H and O–H groups in total. The molecule has 6 rings (SSSR count). The number of aromatic amines is 1. The molecule has 35 heavy (non-hydrogen) atoms. The summed E-state index contributed by atoms with van der Waals surface area (Å²) in [4.78, 5) is 33.8. The van der Waals surface area contributed by atoms with Crippen molar-refractivity contribution >= 4 is 34.3 Å². The number of rotatable bonds is 4. The summed E-state index contributed by atoms with van der Waals surface area (Å²) in [6.45, 7) is 3.46. The summed E-state index contributed by atoms with van der Waals surface area (Å²) in [6, 6.07) is 15.8. The van der Waals surface area contributed by atoms with Crippen LogP contribution in [0.1, 0.15) is 50.5 Å². The first-order valence-corrected chi connectivity index (χ1v) is 12.2. The third kappa shape index (κ3) is 3.53. The molecular weight excluding hydrogens is 462 g/mol. The van der Waals surface area contributed by atoms with Gasteiger partial charge in [0.15, 0.2) is 0 Å². The number of aryl methyl sites for hydroxylation is 1. The molecule has 0 unspecified atom stereocenters. The number of nitrogens with one attached hydrogen (secondary N) is 1. The third-order valence-electron chi connectivity index (χ3n) is 7.49. The molecule has 2 aromatic carbocycles.